The summed E-state index contributed by atoms with van der Waals surface area (Å²) in [7, 11) is -1.35. The molecule has 2 N–H and O–H groups in total. The van der Waals surface area contributed by atoms with E-state index in [0.29, 0.717) is 41.6 Å². The van der Waals surface area contributed by atoms with Crippen LogP contribution >= 0.6 is 0 Å². The summed E-state index contributed by atoms with van der Waals surface area (Å²) >= 11 is 0. The number of aromatic hydroxyl groups is 1. The van der Waals surface area contributed by atoms with Gasteiger partial charge < -0.3 is 10.2 Å². The molecule has 1 aromatic rings. The Balaban J connectivity index is 1.15. The van der Waals surface area contributed by atoms with Gasteiger partial charge in [-0.1, -0.05) is 51.5 Å². The first-order valence-electron chi connectivity index (χ1n) is 15.6. The summed E-state index contributed by atoms with van der Waals surface area (Å²) in [5.41, 5.74) is 2.73. The Morgan fingerprint density at radius 1 is 0.927 bits per heavy atom. The molecule has 0 unspecified atom stereocenters. The van der Waals surface area contributed by atoms with Crippen LogP contribution in [0, 0.1) is 23.2 Å². The third-order valence-corrected chi connectivity index (χ3v) is 12.0. The van der Waals surface area contributed by atoms with Crippen molar-refractivity contribution in [3.05, 3.63) is 29.3 Å². The highest BCUT2D eigenvalue weighted by Gasteiger charge is 2.57. The lowest BCUT2D eigenvalue weighted by Gasteiger charge is -2.53. The molecule has 0 heterocycles. The molecule has 0 amide bonds. The predicted octanol–water partition coefficient (Wildman–Crippen LogP) is 8.68. The number of halogens is 5. The maximum absolute atomic E-state index is 13.0. The molecule has 1 aromatic carbocycles. The lowest BCUT2D eigenvalue weighted by molar-refractivity contribution is -0.284. The van der Waals surface area contributed by atoms with Crippen molar-refractivity contribution in [1.29, 1.82) is 0 Å². The van der Waals surface area contributed by atoms with Crippen LogP contribution in [0.3, 0.4) is 0 Å². The van der Waals surface area contributed by atoms with E-state index < -0.39 is 35.7 Å². The molecular formula is C32H47F5O3S. The van der Waals surface area contributed by atoms with Crippen molar-refractivity contribution in [1.82, 2.24) is 0 Å². The Morgan fingerprint density at radius 2 is 1.59 bits per heavy atom. The zero-order valence-electron chi connectivity index (χ0n) is 24.2. The van der Waals surface area contributed by atoms with E-state index in [-0.39, 0.29) is 17.3 Å². The van der Waals surface area contributed by atoms with Crippen molar-refractivity contribution in [3.8, 4) is 5.75 Å². The van der Waals surface area contributed by atoms with Crippen molar-refractivity contribution >= 4 is 10.8 Å². The fourth-order valence-electron chi connectivity index (χ4n) is 8.28. The Hall–Kier alpha value is -1.22. The van der Waals surface area contributed by atoms with Crippen molar-refractivity contribution in [2.45, 2.75) is 127 Å². The Kier molecular flexibility index (Phi) is 10.8. The number of hydrogen-bond donors (Lipinski definition) is 2. The lowest BCUT2D eigenvalue weighted by Crippen LogP contribution is -2.47. The smallest absolute Gasteiger partial charge is 0.453 e. The van der Waals surface area contributed by atoms with Gasteiger partial charge in [0.2, 0.25) is 0 Å². The monoisotopic (exact) mass is 606 g/mol. The average Bonchev–Trinajstić information content (AvgIpc) is 3.20. The number of benzene rings is 1. The van der Waals surface area contributed by atoms with E-state index in [9.17, 15) is 36.4 Å². The topological polar surface area (TPSA) is 57.5 Å². The van der Waals surface area contributed by atoms with Gasteiger partial charge >= 0.3 is 12.1 Å². The highest BCUT2D eigenvalue weighted by Crippen LogP contribution is 2.62. The number of alkyl halides is 5. The molecule has 3 nitrogen and oxygen atoms in total. The van der Waals surface area contributed by atoms with Gasteiger partial charge in [-0.15, -0.1) is 0 Å². The zero-order chi connectivity index (χ0) is 29.8. The molecule has 234 valence electrons. The molecule has 0 radical (unpaired) electrons. The molecule has 0 aliphatic heterocycles. The van der Waals surface area contributed by atoms with Crippen LogP contribution in [0.5, 0.6) is 5.75 Å². The number of aliphatic hydroxyl groups is 1. The summed E-state index contributed by atoms with van der Waals surface area (Å²) in [5, 5.41) is 21.0. The highest BCUT2D eigenvalue weighted by atomic mass is 32.2. The van der Waals surface area contributed by atoms with E-state index in [1.165, 1.54) is 11.1 Å². The first-order valence-corrected chi connectivity index (χ1v) is 17.1. The number of phenolic OH excluding ortho intramolecular Hbond substituents is 1. The molecule has 3 aliphatic carbocycles. The molecule has 41 heavy (non-hydrogen) atoms. The van der Waals surface area contributed by atoms with Crippen LogP contribution in [-0.2, 0) is 17.2 Å². The standard InChI is InChI=1S/C32H47F5O3S/c1-30-17-15-26-25-12-11-24(38)21-23(25)20-22(29(26)27(30)13-14-28(30)39)10-7-5-3-2-4-6-8-18-41(40)19-9-16-31(33,34)32(35,36)37/h11-12,21-22,26-29,38-39H,2-10,13-20H2,1H3/t22-,26+,27-,28+,29-,30-,41-/m0/s1. The van der Waals surface area contributed by atoms with E-state index in [1.807, 2.05) is 12.1 Å². The Morgan fingerprint density at radius 3 is 2.29 bits per heavy atom. The van der Waals surface area contributed by atoms with Crippen LogP contribution in [0.25, 0.3) is 0 Å². The van der Waals surface area contributed by atoms with E-state index in [2.05, 4.69) is 13.0 Å². The zero-order valence-corrected chi connectivity index (χ0v) is 25.1. The number of phenols is 1. The van der Waals surface area contributed by atoms with Crippen molar-refractivity contribution in [2.75, 3.05) is 11.5 Å². The SMILES string of the molecule is C[C@]12CC[C@@H]3c4ccc(O)cc4C[C@H](CCCCCCCCC[S@](=O)CCCC(F)(F)C(F)(F)F)[C@@H]3[C@@H]1CC[C@H]2O. The van der Waals surface area contributed by atoms with Crippen LogP contribution in [-0.4, -0.2) is 44.1 Å². The second-order valence-corrected chi connectivity index (χ2v) is 14.9. The van der Waals surface area contributed by atoms with Crippen LogP contribution in [0.15, 0.2) is 18.2 Å². The van der Waals surface area contributed by atoms with E-state index in [4.69, 9.17) is 0 Å². The van der Waals surface area contributed by atoms with Gasteiger partial charge in [-0.2, -0.15) is 22.0 Å². The summed E-state index contributed by atoms with van der Waals surface area (Å²) in [6.45, 7) is 2.30. The van der Waals surface area contributed by atoms with E-state index in [1.54, 1.807) is 0 Å². The number of fused-ring (bicyclic) bond motifs is 5. The largest absolute Gasteiger partial charge is 0.508 e. The third-order valence-electron chi connectivity index (χ3n) is 10.6. The van der Waals surface area contributed by atoms with Gasteiger partial charge in [-0.05, 0) is 104 Å². The van der Waals surface area contributed by atoms with E-state index >= 15 is 0 Å². The molecule has 3 aliphatic rings. The fraction of sp³-hybridized carbons (Fsp3) is 0.812. The molecule has 7 atom stereocenters. The summed E-state index contributed by atoms with van der Waals surface area (Å²) in [6.07, 6.45) is 5.97. The molecule has 0 bridgehead atoms. The molecule has 0 saturated heterocycles. The van der Waals surface area contributed by atoms with Crippen molar-refractivity contribution in [2.24, 2.45) is 23.2 Å². The maximum Gasteiger partial charge on any atom is 0.453 e. The quantitative estimate of drug-likeness (QED) is 0.165. The minimum Gasteiger partial charge on any atom is -0.508 e. The second-order valence-electron chi connectivity index (χ2n) is 13.2. The number of aliphatic hydroxyl groups excluding tert-OH is 1. The van der Waals surface area contributed by atoms with Crippen LogP contribution in [0.4, 0.5) is 22.0 Å². The van der Waals surface area contributed by atoms with Gasteiger partial charge in [-0.3, -0.25) is 4.21 Å². The average molecular weight is 607 g/mol. The third kappa shape index (κ3) is 7.66. The number of hydrogen-bond acceptors (Lipinski definition) is 3. The lowest BCUT2D eigenvalue weighted by atomic mass is 9.52. The fourth-order valence-corrected chi connectivity index (χ4v) is 9.48. The molecule has 4 rings (SSSR count). The molecule has 0 spiro atoms. The van der Waals surface area contributed by atoms with Crippen LogP contribution < -0.4 is 0 Å². The predicted molar refractivity (Wildman–Crippen MR) is 153 cm³/mol. The summed E-state index contributed by atoms with van der Waals surface area (Å²) in [4.78, 5) is 0. The normalized spacial score (nSPS) is 30.5. The number of rotatable bonds is 14. The van der Waals surface area contributed by atoms with Gasteiger partial charge in [0, 0.05) is 28.7 Å². The Bertz CT molecular complexity index is 1030. The minimum atomic E-state index is -5.54. The van der Waals surface area contributed by atoms with Crippen LogP contribution in [0.2, 0.25) is 0 Å². The van der Waals surface area contributed by atoms with Crippen molar-refractivity contribution < 1.29 is 36.4 Å². The molecule has 0 aromatic heterocycles. The highest BCUT2D eigenvalue weighted by molar-refractivity contribution is 7.84. The number of unbranched alkanes of at least 4 members (excludes halogenated alkanes) is 6. The first kappa shape index (κ1) is 32.7. The summed E-state index contributed by atoms with van der Waals surface area (Å²) in [6, 6.07) is 5.92. The van der Waals surface area contributed by atoms with Gasteiger partial charge in [0.25, 0.3) is 0 Å². The first-order chi connectivity index (χ1) is 19.3. The molecule has 9 heteroatoms. The summed E-state index contributed by atoms with van der Waals surface area (Å²) in [5.74, 6) is -1.91. The van der Waals surface area contributed by atoms with Crippen LogP contribution in [0.1, 0.15) is 114 Å². The van der Waals surface area contributed by atoms with Crippen molar-refractivity contribution in [3.63, 3.8) is 0 Å². The van der Waals surface area contributed by atoms with Gasteiger partial charge in [-0.25, -0.2) is 0 Å². The van der Waals surface area contributed by atoms with Gasteiger partial charge in [0.1, 0.15) is 5.75 Å². The van der Waals surface area contributed by atoms with Gasteiger partial charge in [0.15, 0.2) is 0 Å². The summed E-state index contributed by atoms with van der Waals surface area (Å²) < 4.78 is 74.5. The molecule has 2 saturated carbocycles. The second kappa shape index (κ2) is 13.6. The van der Waals surface area contributed by atoms with Gasteiger partial charge in [0.05, 0.1) is 6.10 Å². The maximum atomic E-state index is 13.0. The Labute approximate surface area is 244 Å². The van der Waals surface area contributed by atoms with E-state index in [0.717, 1.165) is 77.0 Å². The molecule has 2 fully saturated rings. The minimum absolute atomic E-state index is 0.0195. The molecular weight excluding hydrogens is 559 g/mol.